The zero-order valence-electron chi connectivity index (χ0n) is 17.7. The second kappa shape index (κ2) is 10.0. The van der Waals surface area contributed by atoms with Crippen LogP contribution in [0.25, 0.3) is 0 Å². The Balaban J connectivity index is 1.53. The minimum absolute atomic E-state index is 0.0339. The molecule has 1 fully saturated rings. The molecule has 0 aromatic heterocycles. The van der Waals surface area contributed by atoms with Crippen molar-refractivity contribution >= 4 is 27.4 Å². The van der Waals surface area contributed by atoms with Crippen molar-refractivity contribution in [2.24, 2.45) is 0 Å². The van der Waals surface area contributed by atoms with Crippen LogP contribution in [0.4, 0.5) is 5.69 Å². The number of carbonyl (C=O) groups is 2. The molecule has 9 heteroatoms. The molecule has 3 rings (SSSR count). The third-order valence-corrected chi connectivity index (χ3v) is 7.14. The Kier molecular flexibility index (Phi) is 7.42. The summed E-state index contributed by atoms with van der Waals surface area (Å²) in [4.78, 5) is 26.7. The van der Waals surface area contributed by atoms with Crippen molar-refractivity contribution in [3.05, 3.63) is 54.1 Å². The summed E-state index contributed by atoms with van der Waals surface area (Å²) in [5.41, 5.74) is 1.01. The number of hydrogen-bond acceptors (Lipinski definition) is 6. The highest BCUT2D eigenvalue weighted by molar-refractivity contribution is 7.89. The third-order valence-electron chi connectivity index (χ3n) is 5.23. The molecule has 1 saturated heterocycles. The summed E-state index contributed by atoms with van der Waals surface area (Å²) in [7, 11) is -0.0321. The summed E-state index contributed by atoms with van der Waals surface area (Å²) in [6.07, 6.45) is 0.111. The summed E-state index contributed by atoms with van der Waals surface area (Å²) < 4.78 is 32.1. The Hall–Kier alpha value is -2.75. The number of rotatable bonds is 8. The van der Waals surface area contributed by atoms with Gasteiger partial charge in [0.25, 0.3) is 0 Å². The van der Waals surface area contributed by atoms with Gasteiger partial charge >= 0.3 is 0 Å². The van der Waals surface area contributed by atoms with Gasteiger partial charge in [-0.1, -0.05) is 0 Å². The number of nitrogens with zero attached hydrogens (tertiary/aromatic N) is 2. The van der Waals surface area contributed by atoms with Crippen LogP contribution in [0.5, 0.6) is 5.75 Å². The van der Waals surface area contributed by atoms with Gasteiger partial charge < -0.3 is 15.0 Å². The summed E-state index contributed by atoms with van der Waals surface area (Å²) in [5, 5.41) is 2.70. The molecule has 0 unspecified atom stereocenters. The number of methoxy groups -OCH3 is 1. The molecule has 2 aromatic rings. The Labute approximate surface area is 182 Å². The molecule has 31 heavy (non-hydrogen) atoms. The second-order valence-electron chi connectivity index (χ2n) is 7.43. The average molecular weight is 446 g/mol. The molecule has 2 aromatic carbocycles. The lowest BCUT2D eigenvalue weighted by Gasteiger charge is -2.31. The van der Waals surface area contributed by atoms with Crippen LogP contribution in [0.3, 0.4) is 0 Å². The quantitative estimate of drug-likeness (QED) is 0.626. The molecular formula is C22H27N3O5S. The number of carbonyl (C=O) groups excluding carboxylic acids is 2. The third kappa shape index (κ3) is 5.90. The maximum atomic E-state index is 12.8. The molecule has 1 N–H and O–H groups in total. The Morgan fingerprint density at radius 1 is 0.935 bits per heavy atom. The highest BCUT2D eigenvalue weighted by Gasteiger charge is 2.27. The van der Waals surface area contributed by atoms with Gasteiger partial charge in [-0.2, -0.15) is 4.31 Å². The molecule has 166 valence electrons. The molecule has 0 saturated carbocycles. The summed E-state index contributed by atoms with van der Waals surface area (Å²) in [5.74, 6) is 0.218. The lowest BCUT2D eigenvalue weighted by atomic mass is 10.1. The van der Waals surface area contributed by atoms with Crippen molar-refractivity contribution in [3.8, 4) is 5.75 Å². The molecule has 0 radical (unpaired) electrons. The van der Waals surface area contributed by atoms with Crippen LogP contribution in [-0.4, -0.2) is 69.6 Å². The van der Waals surface area contributed by atoms with E-state index in [1.807, 2.05) is 7.05 Å². The van der Waals surface area contributed by atoms with Gasteiger partial charge in [-0.25, -0.2) is 8.42 Å². The number of benzene rings is 2. The van der Waals surface area contributed by atoms with E-state index in [1.54, 1.807) is 43.5 Å². The number of hydrogen-bond donors (Lipinski definition) is 1. The van der Waals surface area contributed by atoms with Crippen molar-refractivity contribution < 1.29 is 22.7 Å². The molecule has 1 aliphatic rings. The molecule has 1 aliphatic heterocycles. The Morgan fingerprint density at radius 2 is 1.55 bits per heavy atom. The Bertz CT molecular complexity index is 1010. The SMILES string of the molecule is COc1ccc(C(=O)CCC(=O)Nc2ccc(S(=O)(=O)N3CCN(C)CC3)cc2)cc1. The molecule has 0 spiro atoms. The van der Waals surface area contributed by atoms with Gasteiger partial charge in [-0.15, -0.1) is 0 Å². The summed E-state index contributed by atoms with van der Waals surface area (Å²) in [6, 6.07) is 12.8. The first-order valence-corrected chi connectivity index (χ1v) is 11.5. The first kappa shape index (κ1) is 22.9. The van der Waals surface area contributed by atoms with Crippen molar-refractivity contribution in [2.75, 3.05) is 45.7 Å². The van der Waals surface area contributed by atoms with Gasteiger partial charge in [0.2, 0.25) is 15.9 Å². The zero-order chi connectivity index (χ0) is 22.4. The lowest BCUT2D eigenvalue weighted by molar-refractivity contribution is -0.116. The predicted molar refractivity (Wildman–Crippen MR) is 118 cm³/mol. The smallest absolute Gasteiger partial charge is 0.243 e. The normalized spacial score (nSPS) is 15.4. The van der Waals surface area contributed by atoms with E-state index in [0.29, 0.717) is 43.2 Å². The zero-order valence-corrected chi connectivity index (χ0v) is 18.5. The van der Waals surface area contributed by atoms with Gasteiger partial charge in [-0.05, 0) is 55.6 Å². The van der Waals surface area contributed by atoms with Gasteiger partial charge in [0.1, 0.15) is 5.75 Å². The van der Waals surface area contributed by atoms with Crippen LogP contribution in [0.2, 0.25) is 0 Å². The number of ketones is 1. The molecule has 0 atom stereocenters. The predicted octanol–water partition coefficient (Wildman–Crippen LogP) is 2.23. The monoisotopic (exact) mass is 445 g/mol. The van der Waals surface area contributed by atoms with Gasteiger partial charge in [0.15, 0.2) is 5.78 Å². The minimum atomic E-state index is -3.55. The fraction of sp³-hybridized carbons (Fsp3) is 0.364. The van der Waals surface area contributed by atoms with Gasteiger partial charge in [0, 0.05) is 50.3 Å². The van der Waals surface area contributed by atoms with E-state index in [2.05, 4.69) is 10.2 Å². The highest BCUT2D eigenvalue weighted by Crippen LogP contribution is 2.20. The fourth-order valence-electron chi connectivity index (χ4n) is 3.26. The number of piperazine rings is 1. The van der Waals surface area contributed by atoms with Crippen LogP contribution in [-0.2, 0) is 14.8 Å². The van der Waals surface area contributed by atoms with E-state index in [4.69, 9.17) is 4.74 Å². The number of likely N-dealkylation sites (N-methyl/N-ethyl adjacent to an activating group) is 1. The topological polar surface area (TPSA) is 96.0 Å². The van der Waals surface area contributed by atoms with E-state index in [9.17, 15) is 18.0 Å². The second-order valence-corrected chi connectivity index (χ2v) is 9.37. The standard InChI is InChI=1S/C22H27N3O5S/c1-24-13-15-25(16-14-24)31(28,29)20-9-5-18(6-10-20)23-22(27)12-11-21(26)17-3-7-19(30-2)8-4-17/h3-10H,11-16H2,1-2H3,(H,23,27). The number of anilines is 1. The van der Waals surface area contributed by atoms with Crippen LogP contribution < -0.4 is 10.1 Å². The molecular weight excluding hydrogens is 418 g/mol. The highest BCUT2D eigenvalue weighted by atomic mass is 32.2. The molecule has 0 aliphatic carbocycles. The summed E-state index contributed by atoms with van der Waals surface area (Å²) >= 11 is 0. The van der Waals surface area contributed by atoms with E-state index in [1.165, 1.54) is 16.4 Å². The van der Waals surface area contributed by atoms with Crippen LogP contribution >= 0.6 is 0 Å². The first-order valence-electron chi connectivity index (χ1n) is 10.1. The van der Waals surface area contributed by atoms with Crippen LogP contribution in [0.1, 0.15) is 23.2 Å². The summed E-state index contributed by atoms with van der Waals surface area (Å²) in [6.45, 7) is 2.31. The van der Waals surface area contributed by atoms with E-state index in [0.717, 1.165) is 0 Å². The van der Waals surface area contributed by atoms with Crippen molar-refractivity contribution in [1.82, 2.24) is 9.21 Å². The van der Waals surface area contributed by atoms with Crippen molar-refractivity contribution in [1.29, 1.82) is 0 Å². The van der Waals surface area contributed by atoms with E-state index >= 15 is 0 Å². The van der Waals surface area contributed by atoms with Crippen molar-refractivity contribution in [3.63, 3.8) is 0 Å². The number of ether oxygens (including phenoxy) is 1. The molecule has 1 heterocycles. The fourth-order valence-corrected chi connectivity index (χ4v) is 4.68. The van der Waals surface area contributed by atoms with E-state index < -0.39 is 10.0 Å². The molecule has 0 bridgehead atoms. The largest absolute Gasteiger partial charge is 0.497 e. The number of amides is 1. The molecule has 8 nitrogen and oxygen atoms in total. The maximum absolute atomic E-state index is 12.8. The minimum Gasteiger partial charge on any atom is -0.497 e. The number of nitrogens with one attached hydrogen (secondary N) is 1. The number of sulfonamides is 1. The number of Topliss-reactive ketones (excluding diaryl/α,β-unsaturated/α-hetero) is 1. The Morgan fingerprint density at radius 3 is 2.13 bits per heavy atom. The van der Waals surface area contributed by atoms with E-state index in [-0.39, 0.29) is 29.4 Å². The van der Waals surface area contributed by atoms with Crippen LogP contribution in [0, 0.1) is 0 Å². The van der Waals surface area contributed by atoms with Crippen molar-refractivity contribution in [2.45, 2.75) is 17.7 Å². The maximum Gasteiger partial charge on any atom is 0.243 e. The first-order chi connectivity index (χ1) is 14.8. The lowest BCUT2D eigenvalue weighted by Crippen LogP contribution is -2.46. The van der Waals surface area contributed by atoms with Gasteiger partial charge in [0.05, 0.1) is 12.0 Å². The van der Waals surface area contributed by atoms with Crippen LogP contribution in [0.15, 0.2) is 53.4 Å². The average Bonchev–Trinajstić information content (AvgIpc) is 2.78. The van der Waals surface area contributed by atoms with Gasteiger partial charge in [-0.3, -0.25) is 9.59 Å². The molecule has 1 amide bonds.